The van der Waals surface area contributed by atoms with Gasteiger partial charge in [0.25, 0.3) is 0 Å². The van der Waals surface area contributed by atoms with E-state index in [4.69, 9.17) is 0 Å². The highest BCUT2D eigenvalue weighted by Gasteiger charge is 2.42. The van der Waals surface area contributed by atoms with Crippen LogP contribution < -0.4 is 5.32 Å². The van der Waals surface area contributed by atoms with Crippen molar-refractivity contribution in [1.29, 1.82) is 0 Å². The highest BCUT2D eigenvalue weighted by molar-refractivity contribution is 8.00. The maximum absolute atomic E-state index is 3.94. The molecule has 0 saturated heterocycles. The van der Waals surface area contributed by atoms with E-state index in [1.165, 1.54) is 57.1 Å². The third kappa shape index (κ3) is 3.40. The van der Waals surface area contributed by atoms with Crippen molar-refractivity contribution in [2.45, 2.75) is 55.7 Å². The van der Waals surface area contributed by atoms with Crippen LogP contribution in [0.15, 0.2) is 30.3 Å². The predicted octanol–water partition coefficient (Wildman–Crippen LogP) is 4.79. The van der Waals surface area contributed by atoms with Crippen LogP contribution >= 0.6 is 11.8 Å². The molecule has 1 atom stereocenters. The molecule has 2 aliphatic carbocycles. The van der Waals surface area contributed by atoms with Gasteiger partial charge < -0.3 is 5.32 Å². The zero-order valence-electron chi connectivity index (χ0n) is 12.6. The lowest BCUT2D eigenvalue weighted by Crippen LogP contribution is -2.35. The van der Waals surface area contributed by atoms with Gasteiger partial charge in [-0.2, -0.15) is 11.8 Å². The zero-order valence-corrected chi connectivity index (χ0v) is 13.4. The number of hydrogen-bond donors (Lipinski definition) is 1. The Kier molecular flexibility index (Phi) is 4.72. The average molecular weight is 289 g/mol. The van der Waals surface area contributed by atoms with E-state index in [1.807, 2.05) is 0 Å². The third-order valence-electron chi connectivity index (χ3n) is 5.16. The van der Waals surface area contributed by atoms with Crippen LogP contribution in [0.4, 0.5) is 0 Å². The predicted molar refractivity (Wildman–Crippen MR) is 89.2 cm³/mol. The number of benzene rings is 1. The second-order valence-electron chi connectivity index (χ2n) is 6.55. The molecule has 2 heteroatoms. The monoisotopic (exact) mass is 289 g/mol. The van der Waals surface area contributed by atoms with Gasteiger partial charge in [-0.1, -0.05) is 49.6 Å². The summed E-state index contributed by atoms with van der Waals surface area (Å²) in [5, 5.41) is 3.94. The Morgan fingerprint density at radius 1 is 1.15 bits per heavy atom. The van der Waals surface area contributed by atoms with Gasteiger partial charge in [0.2, 0.25) is 0 Å². The fourth-order valence-electron chi connectivity index (χ4n) is 3.57. The van der Waals surface area contributed by atoms with Gasteiger partial charge in [-0.25, -0.2) is 0 Å². The van der Waals surface area contributed by atoms with Gasteiger partial charge in [-0.3, -0.25) is 0 Å². The van der Waals surface area contributed by atoms with Crippen LogP contribution in [-0.2, 0) is 0 Å². The summed E-state index contributed by atoms with van der Waals surface area (Å²) in [6.45, 7) is 1.18. The lowest BCUT2D eigenvalue weighted by atomic mass is 9.81. The summed E-state index contributed by atoms with van der Waals surface area (Å²) in [6.07, 6.45) is 12.1. The molecule has 1 unspecified atom stereocenters. The van der Waals surface area contributed by atoms with Gasteiger partial charge in [-0.15, -0.1) is 0 Å². The standard InChI is InChI=1S/C18H27NS/c1-20-18(12-13-18)14-19-17(15-8-4-2-5-9-15)16-10-6-3-7-11-16/h2,4-5,8-9,16-17,19H,3,6-7,10-14H2,1H3. The Hall–Kier alpha value is -0.470. The summed E-state index contributed by atoms with van der Waals surface area (Å²) < 4.78 is 0.557. The fraction of sp³-hybridized carbons (Fsp3) is 0.667. The first-order valence-corrected chi connectivity index (χ1v) is 9.39. The lowest BCUT2D eigenvalue weighted by Gasteiger charge is -2.32. The van der Waals surface area contributed by atoms with E-state index in [0.29, 0.717) is 10.8 Å². The SMILES string of the molecule is CSC1(CNC(c2ccccc2)C2CCCCC2)CC1. The zero-order chi connectivity index (χ0) is 13.8. The molecular formula is C18H27NS. The highest BCUT2D eigenvalue weighted by Crippen LogP contribution is 2.47. The van der Waals surface area contributed by atoms with Gasteiger partial charge in [-0.05, 0) is 43.4 Å². The molecule has 1 aromatic carbocycles. The maximum Gasteiger partial charge on any atom is 0.0349 e. The van der Waals surface area contributed by atoms with Crippen LogP contribution in [0.2, 0.25) is 0 Å². The number of hydrogen-bond acceptors (Lipinski definition) is 2. The summed E-state index contributed by atoms with van der Waals surface area (Å²) in [7, 11) is 0. The van der Waals surface area contributed by atoms with Crippen LogP contribution in [0, 0.1) is 5.92 Å². The van der Waals surface area contributed by atoms with E-state index in [1.54, 1.807) is 0 Å². The molecule has 0 heterocycles. The van der Waals surface area contributed by atoms with Gasteiger partial charge in [0.1, 0.15) is 0 Å². The molecule has 0 bridgehead atoms. The third-order valence-corrected chi connectivity index (χ3v) is 6.58. The molecule has 2 saturated carbocycles. The van der Waals surface area contributed by atoms with Crippen LogP contribution in [0.5, 0.6) is 0 Å². The Morgan fingerprint density at radius 3 is 2.45 bits per heavy atom. The van der Waals surface area contributed by atoms with Crippen molar-refractivity contribution < 1.29 is 0 Å². The summed E-state index contributed by atoms with van der Waals surface area (Å²) in [4.78, 5) is 0. The second kappa shape index (κ2) is 6.53. The molecule has 1 aromatic rings. The fourth-order valence-corrected chi connectivity index (χ4v) is 4.31. The summed E-state index contributed by atoms with van der Waals surface area (Å²) in [5.41, 5.74) is 1.50. The van der Waals surface area contributed by atoms with E-state index >= 15 is 0 Å². The minimum atomic E-state index is 0.557. The molecule has 0 aliphatic heterocycles. The van der Waals surface area contributed by atoms with Crippen LogP contribution in [0.25, 0.3) is 0 Å². The van der Waals surface area contributed by atoms with Crippen molar-refractivity contribution in [3.63, 3.8) is 0 Å². The number of nitrogens with one attached hydrogen (secondary N) is 1. The molecule has 110 valence electrons. The van der Waals surface area contributed by atoms with Crippen molar-refractivity contribution >= 4 is 11.8 Å². The van der Waals surface area contributed by atoms with E-state index in [-0.39, 0.29) is 0 Å². The molecule has 2 fully saturated rings. The van der Waals surface area contributed by atoms with Crippen molar-refractivity contribution in [2.24, 2.45) is 5.92 Å². The summed E-state index contributed by atoms with van der Waals surface area (Å²) in [6, 6.07) is 11.7. The molecule has 20 heavy (non-hydrogen) atoms. The van der Waals surface area contributed by atoms with Gasteiger partial charge in [0.05, 0.1) is 0 Å². The van der Waals surface area contributed by atoms with E-state index < -0.39 is 0 Å². The van der Waals surface area contributed by atoms with Gasteiger partial charge in [0.15, 0.2) is 0 Å². The average Bonchev–Trinajstić information content (AvgIpc) is 3.30. The molecule has 3 rings (SSSR count). The molecular weight excluding hydrogens is 262 g/mol. The van der Waals surface area contributed by atoms with Crippen molar-refractivity contribution in [3.8, 4) is 0 Å². The quantitative estimate of drug-likeness (QED) is 0.808. The summed E-state index contributed by atoms with van der Waals surface area (Å²) >= 11 is 2.06. The Bertz CT molecular complexity index is 407. The van der Waals surface area contributed by atoms with E-state index in [0.717, 1.165) is 5.92 Å². The van der Waals surface area contributed by atoms with Crippen LogP contribution in [-0.4, -0.2) is 17.5 Å². The highest BCUT2D eigenvalue weighted by atomic mass is 32.2. The molecule has 1 N–H and O–H groups in total. The molecule has 0 radical (unpaired) electrons. The summed E-state index contributed by atoms with van der Waals surface area (Å²) in [5.74, 6) is 0.837. The first kappa shape index (κ1) is 14.5. The molecule has 0 amide bonds. The topological polar surface area (TPSA) is 12.0 Å². The Morgan fingerprint density at radius 2 is 1.85 bits per heavy atom. The molecule has 2 aliphatic rings. The molecule has 0 spiro atoms. The van der Waals surface area contributed by atoms with Crippen molar-refractivity contribution in [1.82, 2.24) is 5.32 Å². The van der Waals surface area contributed by atoms with Crippen molar-refractivity contribution in [2.75, 3.05) is 12.8 Å². The maximum atomic E-state index is 3.94. The largest absolute Gasteiger partial charge is 0.308 e. The number of rotatable bonds is 6. The second-order valence-corrected chi connectivity index (χ2v) is 7.83. The normalized spacial score (nSPS) is 23.4. The van der Waals surface area contributed by atoms with Crippen molar-refractivity contribution in [3.05, 3.63) is 35.9 Å². The Labute approximate surface area is 127 Å². The first-order valence-electron chi connectivity index (χ1n) is 8.16. The lowest BCUT2D eigenvalue weighted by molar-refractivity contribution is 0.271. The van der Waals surface area contributed by atoms with E-state index in [2.05, 4.69) is 53.7 Å². The van der Waals surface area contributed by atoms with E-state index in [9.17, 15) is 0 Å². The molecule has 1 nitrogen and oxygen atoms in total. The first-order chi connectivity index (χ1) is 9.83. The minimum Gasteiger partial charge on any atom is -0.308 e. The minimum absolute atomic E-state index is 0.557. The number of thioether (sulfide) groups is 1. The van der Waals surface area contributed by atoms with Crippen LogP contribution in [0.1, 0.15) is 56.6 Å². The smallest absolute Gasteiger partial charge is 0.0349 e. The molecule has 0 aromatic heterocycles. The van der Waals surface area contributed by atoms with Crippen LogP contribution in [0.3, 0.4) is 0 Å². The van der Waals surface area contributed by atoms with Gasteiger partial charge in [0, 0.05) is 17.3 Å². The van der Waals surface area contributed by atoms with Gasteiger partial charge >= 0.3 is 0 Å². The Balaban J connectivity index is 1.69.